The van der Waals surface area contributed by atoms with Gasteiger partial charge in [0.2, 0.25) is 5.91 Å². The number of amides is 1. The molecule has 0 aromatic rings. The predicted octanol–water partition coefficient (Wildman–Crippen LogP) is 0.894. The van der Waals surface area contributed by atoms with Crippen molar-refractivity contribution in [1.82, 2.24) is 15.1 Å². The highest BCUT2D eigenvalue weighted by atomic mass is 16.1. The van der Waals surface area contributed by atoms with E-state index in [9.17, 15) is 4.79 Å². The van der Waals surface area contributed by atoms with Gasteiger partial charge in [0.25, 0.3) is 0 Å². The zero-order chi connectivity index (χ0) is 15.9. The van der Waals surface area contributed by atoms with Crippen molar-refractivity contribution >= 4 is 5.91 Å². The summed E-state index contributed by atoms with van der Waals surface area (Å²) in [6.45, 7) is 16.1. The zero-order valence-electron chi connectivity index (χ0n) is 14.3. The summed E-state index contributed by atoms with van der Waals surface area (Å²) in [6.07, 6.45) is 1.82. The molecule has 124 valence electrons. The smallest absolute Gasteiger partial charge is 0.237 e. The SMILES string of the molecule is CCNC(C)(CCCN1CCN(CC(C)C)CC1)C(N)=O. The van der Waals surface area contributed by atoms with Crippen molar-refractivity contribution < 1.29 is 4.79 Å². The number of carbonyl (C=O) groups excluding carboxylic acids is 1. The number of carbonyl (C=O) groups is 1. The first-order valence-electron chi connectivity index (χ1n) is 8.37. The molecule has 1 aliphatic heterocycles. The van der Waals surface area contributed by atoms with Crippen molar-refractivity contribution in [2.45, 2.75) is 46.1 Å². The molecule has 0 radical (unpaired) electrons. The number of nitrogens with zero attached hydrogens (tertiary/aromatic N) is 2. The molecule has 1 heterocycles. The van der Waals surface area contributed by atoms with Crippen molar-refractivity contribution in [1.29, 1.82) is 0 Å². The van der Waals surface area contributed by atoms with Crippen molar-refractivity contribution in [3.63, 3.8) is 0 Å². The summed E-state index contributed by atoms with van der Waals surface area (Å²) < 4.78 is 0. The second-order valence-electron chi connectivity index (χ2n) is 6.87. The van der Waals surface area contributed by atoms with Gasteiger partial charge in [0, 0.05) is 32.7 Å². The highest BCUT2D eigenvalue weighted by molar-refractivity contribution is 5.84. The van der Waals surface area contributed by atoms with Gasteiger partial charge in [0.15, 0.2) is 0 Å². The van der Waals surface area contributed by atoms with E-state index in [0.29, 0.717) is 0 Å². The molecule has 1 amide bonds. The average Bonchev–Trinajstić information content (AvgIpc) is 2.40. The summed E-state index contributed by atoms with van der Waals surface area (Å²) in [5.41, 5.74) is 4.96. The van der Waals surface area contributed by atoms with Crippen molar-refractivity contribution in [3.8, 4) is 0 Å². The Kier molecular flexibility index (Phi) is 7.63. The number of likely N-dealkylation sites (N-methyl/N-ethyl adjacent to an activating group) is 1. The minimum absolute atomic E-state index is 0.244. The summed E-state index contributed by atoms with van der Waals surface area (Å²) in [5.74, 6) is 0.499. The number of hydrogen-bond acceptors (Lipinski definition) is 4. The Morgan fingerprint density at radius 1 is 1.24 bits per heavy atom. The van der Waals surface area contributed by atoms with Gasteiger partial charge in [-0.2, -0.15) is 0 Å². The van der Waals surface area contributed by atoms with Crippen molar-refractivity contribution in [2.75, 3.05) is 45.8 Å². The second kappa shape index (κ2) is 8.71. The lowest BCUT2D eigenvalue weighted by Crippen LogP contribution is -2.53. The molecular formula is C16H34N4O. The van der Waals surface area contributed by atoms with Crippen molar-refractivity contribution in [3.05, 3.63) is 0 Å². The molecule has 5 nitrogen and oxygen atoms in total. The molecule has 0 aromatic heterocycles. The lowest BCUT2D eigenvalue weighted by molar-refractivity contribution is -0.124. The van der Waals surface area contributed by atoms with Crippen LogP contribution in [-0.4, -0.2) is 67.1 Å². The topological polar surface area (TPSA) is 61.6 Å². The minimum Gasteiger partial charge on any atom is -0.368 e. The third-order valence-corrected chi connectivity index (χ3v) is 4.35. The molecule has 3 N–H and O–H groups in total. The van der Waals surface area contributed by atoms with Crippen LogP contribution in [0.15, 0.2) is 0 Å². The summed E-state index contributed by atoms with van der Waals surface area (Å²) in [5, 5.41) is 3.22. The Labute approximate surface area is 130 Å². The quantitative estimate of drug-likeness (QED) is 0.664. The van der Waals surface area contributed by atoms with Crippen LogP contribution in [0.4, 0.5) is 0 Å². The van der Waals surface area contributed by atoms with E-state index in [2.05, 4.69) is 29.0 Å². The second-order valence-corrected chi connectivity index (χ2v) is 6.87. The molecule has 0 aromatic carbocycles. The molecule has 1 aliphatic rings. The number of hydrogen-bond donors (Lipinski definition) is 2. The van der Waals surface area contributed by atoms with Crippen LogP contribution in [0.5, 0.6) is 0 Å². The first-order valence-corrected chi connectivity index (χ1v) is 8.37. The maximum Gasteiger partial charge on any atom is 0.237 e. The highest BCUT2D eigenvalue weighted by Crippen LogP contribution is 2.13. The number of primary amides is 1. The van der Waals surface area contributed by atoms with Crippen LogP contribution in [0.1, 0.15) is 40.5 Å². The highest BCUT2D eigenvalue weighted by Gasteiger charge is 2.29. The molecule has 21 heavy (non-hydrogen) atoms. The standard InChI is InChI=1S/C16H34N4O/c1-5-18-16(4,15(17)21)7-6-8-19-9-11-20(12-10-19)13-14(2)3/h14,18H,5-13H2,1-4H3,(H2,17,21). The van der Waals surface area contributed by atoms with Gasteiger partial charge in [-0.3, -0.25) is 4.79 Å². The predicted molar refractivity (Wildman–Crippen MR) is 88.2 cm³/mol. The lowest BCUT2D eigenvalue weighted by Gasteiger charge is -2.36. The fourth-order valence-corrected chi connectivity index (χ4v) is 3.06. The zero-order valence-corrected chi connectivity index (χ0v) is 14.3. The Morgan fingerprint density at radius 3 is 2.29 bits per heavy atom. The van der Waals surface area contributed by atoms with Gasteiger partial charge in [-0.15, -0.1) is 0 Å². The van der Waals surface area contributed by atoms with E-state index >= 15 is 0 Å². The van der Waals surface area contributed by atoms with E-state index in [4.69, 9.17) is 5.73 Å². The van der Waals surface area contributed by atoms with Gasteiger partial charge >= 0.3 is 0 Å². The normalized spacial score (nSPS) is 20.6. The van der Waals surface area contributed by atoms with Crippen LogP contribution < -0.4 is 11.1 Å². The van der Waals surface area contributed by atoms with E-state index in [1.165, 1.54) is 19.6 Å². The summed E-state index contributed by atoms with van der Waals surface area (Å²) in [4.78, 5) is 16.6. The first-order chi connectivity index (χ1) is 9.87. The molecule has 1 fully saturated rings. The molecule has 1 unspecified atom stereocenters. The third-order valence-electron chi connectivity index (χ3n) is 4.35. The molecule has 0 aliphatic carbocycles. The number of rotatable bonds is 9. The Morgan fingerprint density at radius 2 is 1.81 bits per heavy atom. The van der Waals surface area contributed by atoms with Crippen LogP contribution >= 0.6 is 0 Å². The molecular weight excluding hydrogens is 264 g/mol. The van der Waals surface area contributed by atoms with E-state index in [1.807, 2.05) is 13.8 Å². The fourth-order valence-electron chi connectivity index (χ4n) is 3.06. The van der Waals surface area contributed by atoms with Crippen LogP contribution in [0.2, 0.25) is 0 Å². The van der Waals surface area contributed by atoms with Crippen molar-refractivity contribution in [2.24, 2.45) is 11.7 Å². The van der Waals surface area contributed by atoms with E-state index in [1.54, 1.807) is 0 Å². The Hall–Kier alpha value is -0.650. The molecule has 0 bridgehead atoms. The molecule has 1 rings (SSSR count). The first kappa shape index (κ1) is 18.4. The number of piperazine rings is 1. The number of nitrogens with two attached hydrogens (primary N) is 1. The summed E-state index contributed by atoms with van der Waals surface area (Å²) >= 11 is 0. The van der Waals surface area contributed by atoms with Gasteiger partial charge in [-0.1, -0.05) is 20.8 Å². The third kappa shape index (κ3) is 6.32. The van der Waals surface area contributed by atoms with Crippen LogP contribution in [0.3, 0.4) is 0 Å². The molecule has 1 atom stereocenters. The van der Waals surface area contributed by atoms with E-state index in [-0.39, 0.29) is 5.91 Å². The summed E-state index contributed by atoms with van der Waals surface area (Å²) in [7, 11) is 0. The van der Waals surface area contributed by atoms with Gasteiger partial charge in [-0.05, 0) is 38.8 Å². The van der Waals surface area contributed by atoms with Crippen LogP contribution in [0.25, 0.3) is 0 Å². The molecule has 1 saturated heterocycles. The van der Waals surface area contributed by atoms with Gasteiger partial charge in [0.1, 0.15) is 0 Å². The van der Waals surface area contributed by atoms with E-state index < -0.39 is 5.54 Å². The van der Waals surface area contributed by atoms with Gasteiger partial charge in [-0.25, -0.2) is 0 Å². The van der Waals surface area contributed by atoms with Crippen LogP contribution in [0, 0.1) is 5.92 Å². The minimum atomic E-state index is -0.561. The van der Waals surface area contributed by atoms with E-state index in [0.717, 1.165) is 44.9 Å². The van der Waals surface area contributed by atoms with Gasteiger partial charge < -0.3 is 20.9 Å². The maximum absolute atomic E-state index is 11.6. The molecule has 5 heteroatoms. The Bertz CT molecular complexity index is 313. The van der Waals surface area contributed by atoms with Gasteiger partial charge in [0.05, 0.1) is 5.54 Å². The average molecular weight is 298 g/mol. The fraction of sp³-hybridized carbons (Fsp3) is 0.938. The Balaban J connectivity index is 2.26. The molecule has 0 spiro atoms. The monoisotopic (exact) mass is 298 g/mol. The largest absolute Gasteiger partial charge is 0.368 e. The maximum atomic E-state index is 11.6. The molecule has 0 saturated carbocycles. The lowest BCUT2D eigenvalue weighted by atomic mass is 9.94. The number of nitrogens with one attached hydrogen (secondary N) is 1. The van der Waals surface area contributed by atoms with Crippen LogP contribution in [-0.2, 0) is 4.79 Å². The summed E-state index contributed by atoms with van der Waals surface area (Å²) in [6, 6.07) is 0.